The number of pyridine rings is 1. The summed E-state index contributed by atoms with van der Waals surface area (Å²) in [6.45, 7) is 7.57. The molecule has 4 heteroatoms. The Morgan fingerprint density at radius 1 is 1.37 bits per heavy atom. The van der Waals surface area contributed by atoms with Crippen LogP contribution in [0.5, 0.6) is 0 Å². The summed E-state index contributed by atoms with van der Waals surface area (Å²) < 4.78 is 0. The van der Waals surface area contributed by atoms with E-state index >= 15 is 0 Å². The van der Waals surface area contributed by atoms with Crippen LogP contribution in [0.2, 0.25) is 0 Å². The summed E-state index contributed by atoms with van der Waals surface area (Å²) in [5, 5.41) is 9.39. The minimum absolute atomic E-state index is 0.0928. The molecular weight excluding hydrogens is 238 g/mol. The Labute approximate surface area is 116 Å². The maximum absolute atomic E-state index is 9.39. The van der Waals surface area contributed by atoms with E-state index in [9.17, 15) is 5.11 Å². The van der Waals surface area contributed by atoms with E-state index in [0.717, 1.165) is 49.6 Å². The average molecular weight is 263 g/mol. The van der Waals surface area contributed by atoms with Gasteiger partial charge in [-0.05, 0) is 38.1 Å². The van der Waals surface area contributed by atoms with E-state index in [1.165, 1.54) is 0 Å². The van der Waals surface area contributed by atoms with Crippen molar-refractivity contribution in [2.45, 2.75) is 39.3 Å². The summed E-state index contributed by atoms with van der Waals surface area (Å²) in [6.07, 6.45) is 2.06. The first kappa shape index (κ1) is 14.3. The topological polar surface area (TPSA) is 39.6 Å². The molecule has 0 aliphatic carbocycles. The molecule has 1 aliphatic heterocycles. The maximum atomic E-state index is 9.39. The molecule has 1 aromatic heterocycles. The number of aromatic nitrogens is 1. The van der Waals surface area contributed by atoms with Gasteiger partial charge in [-0.1, -0.05) is 13.3 Å². The first-order chi connectivity index (χ1) is 9.13. The van der Waals surface area contributed by atoms with Crippen LogP contribution in [0.4, 0.5) is 5.82 Å². The maximum Gasteiger partial charge on any atom is 0.129 e. The van der Waals surface area contributed by atoms with Crippen molar-refractivity contribution in [3.8, 4) is 0 Å². The van der Waals surface area contributed by atoms with Crippen LogP contribution in [0.15, 0.2) is 12.1 Å². The van der Waals surface area contributed by atoms with E-state index < -0.39 is 0 Å². The van der Waals surface area contributed by atoms with Crippen LogP contribution in [0.3, 0.4) is 0 Å². The summed E-state index contributed by atoms with van der Waals surface area (Å²) in [4.78, 5) is 9.46. The van der Waals surface area contributed by atoms with Gasteiger partial charge in [0.25, 0.3) is 0 Å². The predicted octanol–water partition coefficient (Wildman–Crippen LogP) is 1.67. The fraction of sp³-hybridized carbons (Fsp3) is 0.667. The molecule has 106 valence electrons. The fourth-order valence-electron chi connectivity index (χ4n) is 2.53. The summed E-state index contributed by atoms with van der Waals surface area (Å²) in [5.74, 6) is 1.02. The van der Waals surface area contributed by atoms with Crippen molar-refractivity contribution >= 4 is 5.82 Å². The number of hydrogen-bond acceptors (Lipinski definition) is 4. The van der Waals surface area contributed by atoms with E-state index in [1.807, 2.05) is 12.1 Å². The molecular formula is C15H25N3O. The number of hydrogen-bond donors (Lipinski definition) is 1. The highest BCUT2D eigenvalue weighted by atomic mass is 16.3. The molecule has 1 fully saturated rings. The number of aryl methyl sites for hydroxylation is 1. The Morgan fingerprint density at radius 2 is 2.16 bits per heavy atom. The number of aliphatic hydroxyl groups excluding tert-OH is 1. The number of piperazine rings is 1. The number of anilines is 1. The molecule has 1 aliphatic rings. The molecule has 0 aromatic carbocycles. The smallest absolute Gasteiger partial charge is 0.129 e. The molecule has 1 N–H and O–H groups in total. The summed E-state index contributed by atoms with van der Waals surface area (Å²) in [7, 11) is 2.17. The SMILES string of the molecule is CCCc1cc(CO)cc(N2CCN(C)C(C)C2)n1. The van der Waals surface area contributed by atoms with Gasteiger partial charge >= 0.3 is 0 Å². The minimum atomic E-state index is 0.0928. The summed E-state index contributed by atoms with van der Waals surface area (Å²) in [5.41, 5.74) is 2.07. The van der Waals surface area contributed by atoms with E-state index in [-0.39, 0.29) is 6.61 Å². The lowest BCUT2D eigenvalue weighted by Gasteiger charge is -2.38. The highest BCUT2D eigenvalue weighted by Gasteiger charge is 2.22. The van der Waals surface area contributed by atoms with Crippen molar-refractivity contribution in [1.82, 2.24) is 9.88 Å². The lowest BCUT2D eigenvalue weighted by atomic mass is 10.1. The lowest BCUT2D eigenvalue weighted by Crippen LogP contribution is -2.50. The quantitative estimate of drug-likeness (QED) is 0.897. The van der Waals surface area contributed by atoms with Gasteiger partial charge in [0, 0.05) is 31.4 Å². The number of rotatable bonds is 4. The summed E-state index contributed by atoms with van der Waals surface area (Å²) in [6, 6.07) is 4.59. The van der Waals surface area contributed by atoms with Gasteiger partial charge in [-0.3, -0.25) is 0 Å². The molecule has 1 unspecified atom stereocenters. The molecule has 19 heavy (non-hydrogen) atoms. The van der Waals surface area contributed by atoms with E-state index in [4.69, 9.17) is 4.98 Å². The Bertz CT molecular complexity index is 422. The Kier molecular flexibility index (Phi) is 4.77. The zero-order valence-corrected chi connectivity index (χ0v) is 12.3. The monoisotopic (exact) mass is 263 g/mol. The normalized spacial score (nSPS) is 20.8. The second kappa shape index (κ2) is 6.35. The van der Waals surface area contributed by atoms with Gasteiger partial charge in [0.2, 0.25) is 0 Å². The second-order valence-corrected chi connectivity index (χ2v) is 5.51. The third kappa shape index (κ3) is 3.45. The van der Waals surface area contributed by atoms with Gasteiger partial charge in [-0.25, -0.2) is 4.98 Å². The molecule has 1 aromatic rings. The van der Waals surface area contributed by atoms with Crippen LogP contribution < -0.4 is 4.90 Å². The first-order valence-electron chi connectivity index (χ1n) is 7.20. The number of nitrogens with zero attached hydrogens (tertiary/aromatic N) is 3. The van der Waals surface area contributed by atoms with Gasteiger partial charge < -0.3 is 14.9 Å². The second-order valence-electron chi connectivity index (χ2n) is 5.51. The number of likely N-dealkylation sites (N-methyl/N-ethyl adjacent to an activating group) is 1. The molecule has 0 amide bonds. The molecule has 2 rings (SSSR count). The van der Waals surface area contributed by atoms with Crippen molar-refractivity contribution in [1.29, 1.82) is 0 Å². The van der Waals surface area contributed by atoms with Gasteiger partial charge in [0.05, 0.1) is 6.61 Å². The van der Waals surface area contributed by atoms with Crippen LogP contribution in [0.25, 0.3) is 0 Å². The largest absolute Gasteiger partial charge is 0.392 e. The van der Waals surface area contributed by atoms with Crippen LogP contribution >= 0.6 is 0 Å². The van der Waals surface area contributed by atoms with Gasteiger partial charge in [-0.15, -0.1) is 0 Å². The van der Waals surface area contributed by atoms with Crippen LogP contribution in [-0.4, -0.2) is 47.7 Å². The zero-order valence-electron chi connectivity index (χ0n) is 12.3. The molecule has 0 spiro atoms. The molecule has 1 atom stereocenters. The van der Waals surface area contributed by atoms with Crippen LogP contribution in [0.1, 0.15) is 31.5 Å². The third-order valence-electron chi connectivity index (χ3n) is 3.90. The van der Waals surface area contributed by atoms with Gasteiger partial charge in [0.15, 0.2) is 0 Å². The van der Waals surface area contributed by atoms with Gasteiger partial charge in [-0.2, -0.15) is 0 Å². The van der Waals surface area contributed by atoms with Crippen molar-refractivity contribution in [3.63, 3.8) is 0 Å². The molecule has 4 nitrogen and oxygen atoms in total. The Hall–Kier alpha value is -1.13. The van der Waals surface area contributed by atoms with Crippen LogP contribution in [-0.2, 0) is 13.0 Å². The van der Waals surface area contributed by atoms with Crippen LogP contribution in [0, 0.1) is 0 Å². The molecule has 2 heterocycles. The Balaban J connectivity index is 2.20. The highest BCUT2D eigenvalue weighted by molar-refractivity contribution is 5.43. The van der Waals surface area contributed by atoms with E-state index in [2.05, 4.69) is 30.7 Å². The van der Waals surface area contributed by atoms with Crippen molar-refractivity contribution in [2.24, 2.45) is 0 Å². The standard InChI is InChI=1S/C15H25N3O/c1-4-5-14-8-13(11-19)9-15(16-14)18-7-6-17(3)12(2)10-18/h8-9,12,19H,4-7,10-11H2,1-3H3. The lowest BCUT2D eigenvalue weighted by molar-refractivity contribution is 0.233. The van der Waals surface area contributed by atoms with Crippen molar-refractivity contribution in [3.05, 3.63) is 23.4 Å². The first-order valence-corrected chi connectivity index (χ1v) is 7.20. The van der Waals surface area contributed by atoms with Crippen molar-refractivity contribution < 1.29 is 5.11 Å². The van der Waals surface area contributed by atoms with Gasteiger partial charge in [0.1, 0.15) is 5.82 Å². The van der Waals surface area contributed by atoms with E-state index in [0.29, 0.717) is 6.04 Å². The van der Waals surface area contributed by atoms with E-state index in [1.54, 1.807) is 0 Å². The molecule has 0 saturated carbocycles. The summed E-state index contributed by atoms with van der Waals surface area (Å²) >= 11 is 0. The average Bonchev–Trinajstić information content (AvgIpc) is 2.42. The minimum Gasteiger partial charge on any atom is -0.392 e. The molecule has 0 bridgehead atoms. The molecule has 0 radical (unpaired) electrons. The third-order valence-corrected chi connectivity index (χ3v) is 3.90. The molecule has 1 saturated heterocycles. The highest BCUT2D eigenvalue weighted by Crippen LogP contribution is 2.19. The Morgan fingerprint density at radius 3 is 2.79 bits per heavy atom. The number of aliphatic hydroxyl groups is 1. The van der Waals surface area contributed by atoms with Crippen molar-refractivity contribution in [2.75, 3.05) is 31.6 Å². The fourth-order valence-corrected chi connectivity index (χ4v) is 2.53. The zero-order chi connectivity index (χ0) is 13.8. The predicted molar refractivity (Wildman–Crippen MR) is 78.5 cm³/mol.